The zero-order valence-electron chi connectivity index (χ0n) is 16.1. The van der Waals surface area contributed by atoms with Gasteiger partial charge in [0.05, 0.1) is 5.69 Å². The fraction of sp³-hybridized carbons (Fsp3) is 0.136. The van der Waals surface area contributed by atoms with E-state index in [1.54, 1.807) is 6.08 Å². The predicted molar refractivity (Wildman–Crippen MR) is 115 cm³/mol. The Morgan fingerprint density at radius 1 is 1.10 bits per heavy atom. The van der Waals surface area contributed by atoms with Gasteiger partial charge >= 0.3 is 5.97 Å². The molecule has 2 aromatic carbocycles. The number of nitrogens with zero attached hydrogens (tertiary/aromatic N) is 1. The van der Waals surface area contributed by atoms with Crippen molar-refractivity contribution >= 4 is 40.1 Å². The predicted octanol–water partition coefficient (Wildman–Crippen LogP) is 4.42. The third-order valence-electron chi connectivity index (χ3n) is 3.85. The van der Waals surface area contributed by atoms with Gasteiger partial charge in [-0.3, -0.25) is 4.79 Å². The lowest BCUT2D eigenvalue weighted by Gasteiger charge is -2.08. The highest BCUT2D eigenvalue weighted by atomic mass is 32.1. The summed E-state index contributed by atoms with van der Waals surface area (Å²) in [5, 5.41) is 8.28. The second-order valence-electron chi connectivity index (χ2n) is 6.36. The van der Waals surface area contributed by atoms with Crippen LogP contribution in [0.1, 0.15) is 23.7 Å². The molecule has 0 aliphatic carbocycles. The summed E-state index contributed by atoms with van der Waals surface area (Å²) in [5.74, 6) is -0.965. The fourth-order valence-electron chi connectivity index (χ4n) is 2.46. The Hall–Kier alpha value is -3.45. The average Bonchev–Trinajstić information content (AvgIpc) is 3.15. The minimum absolute atomic E-state index is 0.0105. The molecule has 0 fully saturated rings. The number of hydrogen-bond acceptors (Lipinski definition) is 6. The molecular weight excluding hydrogens is 386 g/mol. The molecule has 2 N–H and O–H groups in total. The zero-order valence-corrected chi connectivity index (χ0v) is 17.0. The molecule has 0 saturated heterocycles. The quantitative estimate of drug-likeness (QED) is 0.448. The van der Waals surface area contributed by atoms with Crippen molar-refractivity contribution in [1.82, 2.24) is 10.3 Å². The summed E-state index contributed by atoms with van der Waals surface area (Å²) >= 11 is 1.42. The lowest BCUT2D eigenvalue weighted by molar-refractivity contribution is -0.141. The summed E-state index contributed by atoms with van der Waals surface area (Å²) in [4.78, 5) is 28.3. The largest absolute Gasteiger partial charge is 0.454 e. The Bertz CT molecular complexity index is 1010. The summed E-state index contributed by atoms with van der Waals surface area (Å²) in [5.41, 5.74) is 3.61. The first-order valence-electron chi connectivity index (χ1n) is 8.99. The lowest BCUT2D eigenvalue weighted by Crippen LogP contribution is -2.26. The molecule has 7 heteroatoms. The van der Waals surface area contributed by atoms with Gasteiger partial charge in [0, 0.05) is 18.0 Å². The van der Waals surface area contributed by atoms with Gasteiger partial charge in [0.25, 0.3) is 0 Å². The lowest BCUT2D eigenvalue weighted by atomic mass is 10.2. The number of thiazole rings is 1. The number of rotatable bonds is 7. The monoisotopic (exact) mass is 407 g/mol. The summed E-state index contributed by atoms with van der Waals surface area (Å²) in [6.45, 7) is 3.38. The molecule has 0 saturated carbocycles. The Kier molecular flexibility index (Phi) is 6.76. The third-order valence-corrected chi connectivity index (χ3v) is 4.65. The topological polar surface area (TPSA) is 80.3 Å². The van der Waals surface area contributed by atoms with Crippen molar-refractivity contribution in [3.8, 4) is 0 Å². The van der Waals surface area contributed by atoms with Crippen molar-refractivity contribution in [2.45, 2.75) is 20.5 Å². The number of anilines is 2. The minimum atomic E-state index is -0.620. The summed E-state index contributed by atoms with van der Waals surface area (Å²) in [7, 11) is 0. The van der Waals surface area contributed by atoms with E-state index >= 15 is 0 Å². The van der Waals surface area contributed by atoms with Gasteiger partial charge in [-0.2, -0.15) is 0 Å². The van der Waals surface area contributed by atoms with E-state index in [4.69, 9.17) is 4.74 Å². The molecule has 148 valence electrons. The van der Waals surface area contributed by atoms with E-state index in [1.165, 1.54) is 23.8 Å². The first kappa shape index (κ1) is 20.3. The summed E-state index contributed by atoms with van der Waals surface area (Å²) < 4.78 is 5.34. The molecule has 0 bridgehead atoms. The van der Waals surface area contributed by atoms with Gasteiger partial charge in [-0.25, -0.2) is 9.78 Å². The van der Waals surface area contributed by atoms with Gasteiger partial charge in [-0.05, 0) is 30.7 Å². The van der Waals surface area contributed by atoms with Gasteiger partial charge < -0.3 is 15.4 Å². The van der Waals surface area contributed by atoms with Crippen molar-refractivity contribution in [2.75, 3.05) is 5.32 Å². The van der Waals surface area contributed by atoms with E-state index in [0.717, 1.165) is 11.3 Å². The molecule has 0 spiro atoms. The van der Waals surface area contributed by atoms with Crippen LogP contribution in [0.2, 0.25) is 0 Å². The van der Waals surface area contributed by atoms with Crippen LogP contribution >= 0.6 is 11.3 Å². The van der Waals surface area contributed by atoms with Crippen molar-refractivity contribution in [2.24, 2.45) is 0 Å². The molecule has 0 radical (unpaired) electrons. The van der Waals surface area contributed by atoms with Crippen molar-refractivity contribution in [1.29, 1.82) is 0 Å². The van der Waals surface area contributed by atoms with E-state index in [0.29, 0.717) is 10.8 Å². The maximum atomic E-state index is 12.4. The van der Waals surface area contributed by atoms with E-state index in [2.05, 4.69) is 15.6 Å². The van der Waals surface area contributed by atoms with Gasteiger partial charge in [-0.15, -0.1) is 11.3 Å². The maximum absolute atomic E-state index is 12.4. The highest BCUT2D eigenvalue weighted by Gasteiger charge is 2.14. The van der Waals surface area contributed by atoms with Crippen LogP contribution in [-0.2, 0) is 20.9 Å². The van der Waals surface area contributed by atoms with Crippen molar-refractivity contribution < 1.29 is 14.3 Å². The van der Waals surface area contributed by atoms with Gasteiger partial charge in [0.1, 0.15) is 12.3 Å². The number of carbonyl (C=O) groups is 2. The van der Waals surface area contributed by atoms with Gasteiger partial charge in [0.15, 0.2) is 5.13 Å². The van der Waals surface area contributed by atoms with Crippen molar-refractivity contribution in [3.63, 3.8) is 0 Å². The summed E-state index contributed by atoms with van der Waals surface area (Å²) in [6, 6.07) is 17.2. The first-order valence-corrected chi connectivity index (χ1v) is 9.87. The smallest absolute Gasteiger partial charge is 0.355 e. The molecule has 1 aromatic heterocycles. The SMILES string of the molecule is CC(=O)N/C(=C/c1ccccc1)C(=O)OCc1csc(Nc2ccc(C)cc2)n1. The van der Waals surface area contributed by atoms with Crippen LogP contribution in [0.15, 0.2) is 65.7 Å². The normalized spacial score (nSPS) is 11.0. The average molecular weight is 407 g/mol. The van der Waals surface area contributed by atoms with Crippen LogP contribution in [0.4, 0.5) is 10.8 Å². The number of ether oxygens (including phenoxy) is 1. The molecule has 1 amide bonds. The van der Waals surface area contributed by atoms with Crippen LogP contribution in [0.3, 0.4) is 0 Å². The first-order chi connectivity index (χ1) is 14.0. The number of aromatic nitrogens is 1. The van der Waals surface area contributed by atoms with Gasteiger partial charge in [0.2, 0.25) is 5.91 Å². The van der Waals surface area contributed by atoms with Crippen LogP contribution in [0.5, 0.6) is 0 Å². The molecular formula is C22H21N3O3S. The standard InChI is InChI=1S/C22H21N3O3S/c1-15-8-10-18(11-9-15)24-22-25-19(14-29-22)13-28-21(27)20(23-16(2)26)12-17-6-4-3-5-7-17/h3-12,14H,13H2,1-2H3,(H,23,26)(H,24,25)/b20-12+. The van der Waals surface area contributed by atoms with Crippen LogP contribution < -0.4 is 10.6 Å². The Balaban J connectivity index is 1.62. The second kappa shape index (κ2) is 9.66. The zero-order chi connectivity index (χ0) is 20.6. The molecule has 1 heterocycles. The number of benzene rings is 2. The minimum Gasteiger partial charge on any atom is -0.454 e. The van der Waals surface area contributed by atoms with E-state index in [1.807, 2.05) is 66.9 Å². The van der Waals surface area contributed by atoms with Crippen LogP contribution in [-0.4, -0.2) is 16.9 Å². The Labute approximate surface area is 173 Å². The third kappa shape index (κ3) is 6.29. The molecule has 29 heavy (non-hydrogen) atoms. The van der Waals surface area contributed by atoms with Crippen molar-refractivity contribution in [3.05, 3.63) is 82.5 Å². The number of aryl methyl sites for hydroxylation is 1. The maximum Gasteiger partial charge on any atom is 0.355 e. The van der Waals surface area contributed by atoms with E-state index in [-0.39, 0.29) is 18.2 Å². The molecule has 3 rings (SSSR count). The second-order valence-corrected chi connectivity index (χ2v) is 7.22. The molecule has 3 aromatic rings. The fourth-order valence-corrected chi connectivity index (χ4v) is 3.18. The van der Waals surface area contributed by atoms with Crippen LogP contribution in [0.25, 0.3) is 6.08 Å². The van der Waals surface area contributed by atoms with Crippen LogP contribution in [0, 0.1) is 6.92 Å². The number of nitrogens with one attached hydrogen (secondary N) is 2. The van der Waals surface area contributed by atoms with E-state index < -0.39 is 5.97 Å². The number of amides is 1. The molecule has 0 unspecified atom stereocenters. The summed E-state index contributed by atoms with van der Waals surface area (Å²) in [6.07, 6.45) is 1.58. The Morgan fingerprint density at radius 2 is 1.83 bits per heavy atom. The van der Waals surface area contributed by atoms with Gasteiger partial charge in [-0.1, -0.05) is 48.0 Å². The highest BCUT2D eigenvalue weighted by Crippen LogP contribution is 2.21. The molecule has 0 aliphatic heterocycles. The highest BCUT2D eigenvalue weighted by molar-refractivity contribution is 7.13. The number of carbonyl (C=O) groups excluding carboxylic acids is 2. The molecule has 6 nitrogen and oxygen atoms in total. The van der Waals surface area contributed by atoms with E-state index in [9.17, 15) is 9.59 Å². The Morgan fingerprint density at radius 3 is 2.52 bits per heavy atom. The number of hydrogen-bond donors (Lipinski definition) is 2. The molecule has 0 aliphatic rings. The molecule has 0 atom stereocenters. The number of esters is 1.